The lowest BCUT2D eigenvalue weighted by atomic mass is 9.47. The molecule has 12 nitrogen and oxygen atoms in total. The molecule has 5 rings (SSSR count). The Balaban J connectivity index is 1.74. The molecule has 2 saturated carbocycles. The van der Waals surface area contributed by atoms with E-state index in [-0.39, 0.29) is 17.5 Å². The van der Waals surface area contributed by atoms with Crippen LogP contribution in [0.1, 0.15) is 68.7 Å². The van der Waals surface area contributed by atoms with Crippen LogP contribution in [0.25, 0.3) is 0 Å². The normalized spacial score (nSPS) is 33.5. The molecule has 0 radical (unpaired) electrons. The third-order valence-corrected chi connectivity index (χ3v) is 9.69. The van der Waals surface area contributed by atoms with Gasteiger partial charge in [0.15, 0.2) is 6.10 Å². The first kappa shape index (κ1) is 34.1. The Labute approximate surface area is 272 Å². The number of carbonyl (C=O) groups excluding carboxylic acids is 5. The van der Waals surface area contributed by atoms with Crippen molar-refractivity contribution in [2.24, 2.45) is 17.3 Å². The fourth-order valence-corrected chi connectivity index (χ4v) is 8.03. The van der Waals surface area contributed by atoms with Gasteiger partial charge in [-0.15, -0.1) is 0 Å². The molecule has 2 aromatic carbocycles. The predicted octanol–water partition coefficient (Wildman–Crippen LogP) is 3.43. The number of benzene rings is 2. The molecule has 2 bridgehead atoms. The minimum Gasteiger partial charge on any atom is -0.465 e. The van der Waals surface area contributed by atoms with Gasteiger partial charge in [-0.25, -0.2) is 9.59 Å². The molecule has 47 heavy (non-hydrogen) atoms. The van der Waals surface area contributed by atoms with Crippen LogP contribution in [0.3, 0.4) is 0 Å². The molecular weight excluding hydrogens is 612 g/mol. The van der Waals surface area contributed by atoms with Crippen molar-refractivity contribution in [3.63, 3.8) is 0 Å². The molecule has 1 spiro atoms. The number of esters is 5. The van der Waals surface area contributed by atoms with Gasteiger partial charge in [0.1, 0.15) is 42.0 Å². The van der Waals surface area contributed by atoms with Crippen molar-refractivity contribution in [2.75, 3.05) is 6.61 Å². The molecule has 1 aliphatic heterocycles. The quantitative estimate of drug-likeness (QED) is 0.327. The maximum atomic E-state index is 13.7. The van der Waals surface area contributed by atoms with Gasteiger partial charge in [0.25, 0.3) is 0 Å². The Morgan fingerprint density at radius 1 is 0.766 bits per heavy atom. The molecule has 1 N–H and O–H groups in total. The molecule has 2 aliphatic carbocycles. The zero-order valence-electron chi connectivity index (χ0n) is 27.2. The summed E-state index contributed by atoms with van der Waals surface area (Å²) in [6.07, 6.45) is -7.08. The molecule has 9 atom stereocenters. The van der Waals surface area contributed by atoms with E-state index in [1.807, 2.05) is 0 Å². The van der Waals surface area contributed by atoms with Gasteiger partial charge in [-0.05, 0) is 50.5 Å². The summed E-state index contributed by atoms with van der Waals surface area (Å²) in [5, 5.41) is 12.5. The lowest BCUT2D eigenvalue weighted by molar-refractivity contribution is -0.328. The Morgan fingerprint density at radius 3 is 1.79 bits per heavy atom. The van der Waals surface area contributed by atoms with Crippen LogP contribution in [0.5, 0.6) is 0 Å². The Morgan fingerprint density at radius 2 is 1.28 bits per heavy atom. The Bertz CT molecular complexity index is 1520. The largest absolute Gasteiger partial charge is 0.465 e. The second-order valence-electron chi connectivity index (χ2n) is 13.0. The Hall–Kier alpha value is -4.29. The highest BCUT2D eigenvalue weighted by molar-refractivity contribution is 5.90. The molecule has 0 aromatic heterocycles. The summed E-state index contributed by atoms with van der Waals surface area (Å²) in [7, 11) is 0. The number of carbonyl (C=O) groups is 5. The smallest absolute Gasteiger partial charge is 0.338 e. The summed E-state index contributed by atoms with van der Waals surface area (Å²) in [5.74, 6) is -5.31. The van der Waals surface area contributed by atoms with Crippen molar-refractivity contribution in [1.82, 2.24) is 0 Å². The van der Waals surface area contributed by atoms with Gasteiger partial charge >= 0.3 is 29.8 Å². The van der Waals surface area contributed by atoms with Crippen molar-refractivity contribution < 1.29 is 57.5 Å². The van der Waals surface area contributed by atoms with E-state index in [4.69, 9.17) is 28.4 Å². The number of ether oxygens (including phenoxy) is 6. The van der Waals surface area contributed by atoms with Gasteiger partial charge in [-0.1, -0.05) is 43.3 Å². The first-order valence-electron chi connectivity index (χ1n) is 15.5. The third kappa shape index (κ3) is 5.78. The molecule has 5 unspecified atom stereocenters. The van der Waals surface area contributed by atoms with E-state index >= 15 is 0 Å². The van der Waals surface area contributed by atoms with Crippen molar-refractivity contribution in [2.45, 2.75) is 89.7 Å². The van der Waals surface area contributed by atoms with Crippen LogP contribution in [0.15, 0.2) is 60.7 Å². The van der Waals surface area contributed by atoms with Crippen LogP contribution in [0.2, 0.25) is 0 Å². The van der Waals surface area contributed by atoms with E-state index in [9.17, 15) is 29.1 Å². The number of rotatable bonds is 8. The summed E-state index contributed by atoms with van der Waals surface area (Å²) >= 11 is 0. The standard InChI is InChI=1S/C35H40O12/c1-19-17-25(45-31(40)23-13-9-7-10-14-23)28(39)34(18-42-20(2)36)30(44-22(4)38)27(46-32(41)24-15-11-8-12-16-24)26-29(43-21(3)37)35(19,34)47-33(26,5)6/h7-16,19,25-30,39H,17-18H2,1-6H3/t19-,25?,26+,27?,28?,29?,30?,34-,35+/m0/s1. The van der Waals surface area contributed by atoms with E-state index in [1.165, 1.54) is 6.92 Å². The van der Waals surface area contributed by atoms with Crippen molar-refractivity contribution in [3.8, 4) is 0 Å². The van der Waals surface area contributed by atoms with E-state index in [1.54, 1.807) is 81.4 Å². The van der Waals surface area contributed by atoms with Crippen molar-refractivity contribution >= 4 is 29.8 Å². The fraction of sp³-hybridized carbons (Fsp3) is 0.514. The first-order valence-corrected chi connectivity index (χ1v) is 15.5. The minimum absolute atomic E-state index is 0.0311. The highest BCUT2D eigenvalue weighted by atomic mass is 16.6. The number of fused-ring (bicyclic) bond motifs is 1. The fourth-order valence-electron chi connectivity index (χ4n) is 8.03. The average Bonchev–Trinajstić information content (AvgIpc) is 3.21. The zero-order valence-corrected chi connectivity index (χ0v) is 27.2. The van der Waals surface area contributed by atoms with Gasteiger partial charge in [0.2, 0.25) is 0 Å². The summed E-state index contributed by atoms with van der Waals surface area (Å²) in [6, 6.07) is 16.3. The molecule has 3 fully saturated rings. The second-order valence-corrected chi connectivity index (χ2v) is 13.0. The predicted molar refractivity (Wildman–Crippen MR) is 163 cm³/mol. The molecule has 252 valence electrons. The third-order valence-electron chi connectivity index (χ3n) is 9.69. The van der Waals surface area contributed by atoms with Crippen LogP contribution in [0, 0.1) is 17.3 Å². The minimum atomic E-state index is -1.99. The topological polar surface area (TPSA) is 161 Å². The highest BCUT2D eigenvalue weighted by Crippen LogP contribution is 2.68. The average molecular weight is 653 g/mol. The van der Waals surface area contributed by atoms with Crippen LogP contribution >= 0.6 is 0 Å². The molecule has 2 aromatic rings. The SMILES string of the molecule is CC(=O)OC[C@@]12C(O)C(OC(=O)c3ccccc3)C[C@H](C)[C@]13OC(C)(C)[C@H](C(OC(=O)c1ccccc1)C2OC(C)=O)C3OC(C)=O. The Kier molecular flexibility index (Phi) is 9.22. The van der Waals surface area contributed by atoms with E-state index in [0.717, 1.165) is 13.8 Å². The zero-order chi connectivity index (χ0) is 34.3. The summed E-state index contributed by atoms with van der Waals surface area (Å²) in [4.78, 5) is 65.1. The lowest BCUT2D eigenvalue weighted by Crippen LogP contribution is -2.81. The second kappa shape index (κ2) is 12.7. The van der Waals surface area contributed by atoms with Gasteiger partial charge in [-0.2, -0.15) is 0 Å². The van der Waals surface area contributed by atoms with Gasteiger partial charge in [0.05, 0.1) is 22.6 Å². The van der Waals surface area contributed by atoms with Crippen LogP contribution in [-0.4, -0.2) is 83.3 Å². The van der Waals surface area contributed by atoms with Gasteiger partial charge in [0, 0.05) is 20.8 Å². The maximum absolute atomic E-state index is 13.7. The first-order chi connectivity index (χ1) is 22.2. The van der Waals surface area contributed by atoms with Crippen LogP contribution < -0.4 is 0 Å². The van der Waals surface area contributed by atoms with E-state index in [2.05, 4.69) is 0 Å². The number of aliphatic hydroxyl groups excluding tert-OH is 1. The highest BCUT2D eigenvalue weighted by Gasteiger charge is 2.85. The maximum Gasteiger partial charge on any atom is 0.338 e. The number of hydrogen-bond acceptors (Lipinski definition) is 12. The summed E-state index contributed by atoms with van der Waals surface area (Å²) in [6.45, 7) is 8.11. The number of aliphatic hydroxyl groups is 1. The van der Waals surface area contributed by atoms with Crippen LogP contribution in [-0.2, 0) is 42.8 Å². The molecule has 0 amide bonds. The number of hydrogen-bond donors (Lipinski definition) is 1. The van der Waals surface area contributed by atoms with Gasteiger partial charge in [-0.3, -0.25) is 14.4 Å². The molecule has 1 heterocycles. The summed E-state index contributed by atoms with van der Waals surface area (Å²) < 4.78 is 36.6. The molecule has 3 aliphatic rings. The monoisotopic (exact) mass is 652 g/mol. The lowest BCUT2D eigenvalue weighted by Gasteiger charge is -2.64. The van der Waals surface area contributed by atoms with E-state index in [0.29, 0.717) is 0 Å². The molecule has 1 saturated heterocycles. The summed E-state index contributed by atoms with van der Waals surface area (Å²) in [5.41, 5.74) is -4.48. The van der Waals surface area contributed by atoms with Crippen LogP contribution in [0.4, 0.5) is 0 Å². The van der Waals surface area contributed by atoms with Crippen molar-refractivity contribution in [3.05, 3.63) is 71.8 Å². The molecular formula is C35H40O12. The molecule has 12 heteroatoms. The van der Waals surface area contributed by atoms with E-state index < -0.39 is 95.4 Å². The van der Waals surface area contributed by atoms with Crippen molar-refractivity contribution in [1.29, 1.82) is 0 Å². The van der Waals surface area contributed by atoms with Gasteiger partial charge < -0.3 is 33.5 Å².